The van der Waals surface area contributed by atoms with E-state index in [2.05, 4.69) is 141 Å². The Kier molecular flexibility index (Phi) is 7.60. The third kappa shape index (κ3) is 5.79. The number of nitrogens with zero attached hydrogens (tertiary/aromatic N) is 3. The van der Waals surface area contributed by atoms with Crippen LogP contribution in [0.5, 0.6) is 5.75 Å². The van der Waals surface area contributed by atoms with Gasteiger partial charge in [-0.1, -0.05) is 113 Å². The van der Waals surface area contributed by atoms with Crippen molar-refractivity contribution in [2.45, 2.75) is 105 Å². The number of phenols is 1. The quantitative estimate of drug-likeness (QED) is 0.228. The fourth-order valence-corrected chi connectivity index (χ4v) is 6.22. The average Bonchev–Trinajstić information content (AvgIpc) is 3.28. The number of pyridine rings is 2. The van der Waals surface area contributed by atoms with E-state index in [4.69, 9.17) is 4.98 Å². The fourth-order valence-electron chi connectivity index (χ4n) is 6.22. The lowest BCUT2D eigenvalue weighted by molar-refractivity contribution is 0.446. The number of aromatic nitrogens is 3. The second kappa shape index (κ2) is 10.6. The first-order valence-corrected chi connectivity index (χ1v) is 15.7. The highest BCUT2D eigenvalue weighted by Gasteiger charge is 2.34. The van der Waals surface area contributed by atoms with Crippen LogP contribution in [-0.2, 0) is 21.7 Å². The third-order valence-electron chi connectivity index (χ3n) is 8.41. The van der Waals surface area contributed by atoms with Crippen LogP contribution in [0.15, 0.2) is 72.9 Å². The maximum Gasteiger partial charge on any atom is 0.138 e. The van der Waals surface area contributed by atoms with Crippen molar-refractivity contribution in [1.82, 2.24) is 14.5 Å². The average molecular weight is 588 g/mol. The van der Waals surface area contributed by atoms with Crippen LogP contribution >= 0.6 is 0 Å². The lowest BCUT2D eigenvalue weighted by Gasteiger charge is -2.29. The maximum absolute atomic E-state index is 11.7. The zero-order chi connectivity index (χ0) is 32.4. The van der Waals surface area contributed by atoms with Crippen molar-refractivity contribution in [1.29, 1.82) is 0 Å². The number of hydrogen-bond donors (Lipinski definition) is 1. The summed E-state index contributed by atoms with van der Waals surface area (Å²) in [7, 11) is 0. The Bertz CT molecular complexity index is 1830. The second-order valence-electron chi connectivity index (χ2n) is 16.3. The fraction of sp³-hybridized carbons (Fsp3) is 0.400. The van der Waals surface area contributed by atoms with Gasteiger partial charge in [0.1, 0.15) is 11.6 Å². The highest BCUT2D eigenvalue weighted by atomic mass is 16.3. The molecule has 0 radical (unpaired) electrons. The molecule has 5 aromatic rings. The molecule has 0 atom stereocenters. The van der Waals surface area contributed by atoms with Crippen LogP contribution in [0.2, 0.25) is 0 Å². The van der Waals surface area contributed by atoms with Crippen LogP contribution in [0.1, 0.15) is 105 Å². The van der Waals surface area contributed by atoms with Gasteiger partial charge in [0.05, 0.1) is 16.9 Å². The van der Waals surface area contributed by atoms with Crippen molar-refractivity contribution in [3.63, 3.8) is 0 Å². The zero-order valence-corrected chi connectivity index (χ0v) is 28.7. The first kappa shape index (κ1) is 31.5. The summed E-state index contributed by atoms with van der Waals surface area (Å²) in [5, 5.41) is 12.9. The third-order valence-corrected chi connectivity index (χ3v) is 8.41. The molecule has 4 nitrogen and oxygen atoms in total. The number of aromatic hydroxyl groups is 1. The molecule has 0 unspecified atom stereocenters. The SMILES string of the molecule is CC(C)(C)c1cc(-c2cccc(-n3c(C(C)(C)C)c(C(C)(C)C)c4ccc(-c5ccccn5)cc43)n2)c(O)c(C(C)(C)C)c1. The van der Waals surface area contributed by atoms with Crippen LogP contribution in [0.4, 0.5) is 0 Å². The minimum absolute atomic E-state index is 0.0838. The summed E-state index contributed by atoms with van der Waals surface area (Å²) in [5.41, 5.74) is 8.75. The molecule has 4 heteroatoms. The van der Waals surface area contributed by atoms with Crippen LogP contribution < -0.4 is 0 Å². The first-order chi connectivity index (χ1) is 20.3. The molecule has 0 spiro atoms. The molecule has 3 heterocycles. The standard InChI is InChI=1S/C40H49N3O/c1-37(2,3)26-23-28(35(44)29(24-26)38(4,5)6)31-17-15-18-33(42-31)43-32-22-25(30-16-13-14-21-41-30)19-20-27(32)34(39(7,8)9)36(43)40(10,11)12/h13-24,44H,1-12H3. The summed E-state index contributed by atoms with van der Waals surface area (Å²) in [6.07, 6.45) is 1.84. The van der Waals surface area contributed by atoms with Gasteiger partial charge in [0.15, 0.2) is 0 Å². The van der Waals surface area contributed by atoms with Crippen molar-refractivity contribution in [3.05, 3.63) is 95.3 Å². The monoisotopic (exact) mass is 587 g/mol. The topological polar surface area (TPSA) is 50.9 Å². The molecule has 2 aromatic carbocycles. The summed E-state index contributed by atoms with van der Waals surface area (Å²) in [6, 6.07) is 23.2. The molecule has 0 fully saturated rings. The van der Waals surface area contributed by atoms with Crippen molar-refractivity contribution in [2.75, 3.05) is 0 Å². The summed E-state index contributed by atoms with van der Waals surface area (Å²) >= 11 is 0. The Hall–Kier alpha value is -3.92. The number of hydrogen-bond acceptors (Lipinski definition) is 3. The molecule has 3 aromatic heterocycles. The first-order valence-electron chi connectivity index (χ1n) is 15.7. The Balaban J connectivity index is 1.86. The van der Waals surface area contributed by atoms with Gasteiger partial charge in [-0.3, -0.25) is 9.55 Å². The van der Waals surface area contributed by atoms with Gasteiger partial charge in [-0.15, -0.1) is 0 Å². The normalized spacial score (nSPS) is 13.1. The molecule has 0 aliphatic heterocycles. The zero-order valence-electron chi connectivity index (χ0n) is 28.7. The Morgan fingerprint density at radius 2 is 1.32 bits per heavy atom. The maximum atomic E-state index is 11.7. The number of phenolic OH excluding ortho intramolecular Hbond substituents is 1. The molecule has 0 aliphatic rings. The van der Waals surface area contributed by atoms with Crippen LogP contribution in [0.25, 0.3) is 39.2 Å². The molecule has 0 aliphatic carbocycles. The molecular weight excluding hydrogens is 538 g/mol. The van der Waals surface area contributed by atoms with Gasteiger partial charge in [0.25, 0.3) is 0 Å². The summed E-state index contributed by atoms with van der Waals surface area (Å²) in [4.78, 5) is 9.98. The van der Waals surface area contributed by atoms with E-state index in [9.17, 15) is 5.11 Å². The van der Waals surface area contributed by atoms with E-state index in [-0.39, 0.29) is 21.7 Å². The van der Waals surface area contributed by atoms with E-state index in [1.807, 2.05) is 24.4 Å². The van der Waals surface area contributed by atoms with Gasteiger partial charge in [-0.25, -0.2) is 4.98 Å². The van der Waals surface area contributed by atoms with E-state index >= 15 is 0 Å². The minimum Gasteiger partial charge on any atom is -0.507 e. The predicted octanol–water partition coefficient (Wildman–Crippen LogP) is 10.7. The van der Waals surface area contributed by atoms with Crippen molar-refractivity contribution < 1.29 is 5.11 Å². The Morgan fingerprint density at radius 3 is 1.89 bits per heavy atom. The van der Waals surface area contributed by atoms with E-state index < -0.39 is 0 Å². The summed E-state index contributed by atoms with van der Waals surface area (Å²) < 4.78 is 2.35. The van der Waals surface area contributed by atoms with E-state index in [1.54, 1.807) is 0 Å². The van der Waals surface area contributed by atoms with Crippen LogP contribution in [-0.4, -0.2) is 19.6 Å². The van der Waals surface area contributed by atoms with Gasteiger partial charge < -0.3 is 5.11 Å². The minimum atomic E-state index is -0.225. The van der Waals surface area contributed by atoms with Gasteiger partial charge >= 0.3 is 0 Å². The number of benzene rings is 2. The number of rotatable bonds is 3. The molecule has 0 bridgehead atoms. The lowest BCUT2D eigenvalue weighted by atomic mass is 9.78. The summed E-state index contributed by atoms with van der Waals surface area (Å²) in [5.74, 6) is 1.14. The van der Waals surface area contributed by atoms with Crippen LogP contribution in [0.3, 0.4) is 0 Å². The second-order valence-corrected chi connectivity index (χ2v) is 16.3. The number of fused-ring (bicyclic) bond motifs is 1. The summed E-state index contributed by atoms with van der Waals surface area (Å²) in [6.45, 7) is 26.8. The molecule has 230 valence electrons. The lowest BCUT2D eigenvalue weighted by Crippen LogP contribution is -2.24. The van der Waals surface area contributed by atoms with Gasteiger partial charge in [-0.05, 0) is 63.8 Å². The highest BCUT2D eigenvalue weighted by molar-refractivity contribution is 5.92. The molecule has 0 saturated carbocycles. The molecular formula is C40H49N3O. The van der Waals surface area contributed by atoms with Gasteiger partial charge in [0.2, 0.25) is 0 Å². The Labute approximate surface area is 264 Å². The smallest absolute Gasteiger partial charge is 0.138 e. The van der Waals surface area contributed by atoms with Crippen LogP contribution in [0, 0.1) is 0 Å². The van der Waals surface area contributed by atoms with Gasteiger partial charge in [0, 0.05) is 39.4 Å². The van der Waals surface area contributed by atoms with Crippen molar-refractivity contribution in [2.24, 2.45) is 0 Å². The van der Waals surface area contributed by atoms with Crippen molar-refractivity contribution >= 4 is 10.9 Å². The molecule has 0 saturated heterocycles. The molecule has 44 heavy (non-hydrogen) atoms. The van der Waals surface area contributed by atoms with E-state index in [0.29, 0.717) is 5.75 Å². The van der Waals surface area contributed by atoms with E-state index in [0.717, 1.165) is 39.4 Å². The molecule has 5 rings (SSSR count). The van der Waals surface area contributed by atoms with Crippen molar-refractivity contribution in [3.8, 4) is 34.1 Å². The molecule has 1 N–H and O–H groups in total. The van der Waals surface area contributed by atoms with Gasteiger partial charge in [-0.2, -0.15) is 0 Å². The largest absolute Gasteiger partial charge is 0.507 e. The molecule has 0 amide bonds. The Morgan fingerprint density at radius 1 is 0.636 bits per heavy atom. The van der Waals surface area contributed by atoms with E-state index in [1.165, 1.54) is 22.2 Å². The predicted molar refractivity (Wildman–Crippen MR) is 186 cm³/mol. The highest BCUT2D eigenvalue weighted by Crippen LogP contribution is 2.45.